The molecule has 3 N–H and O–H groups in total. The Labute approximate surface area is 131 Å². The van der Waals surface area contributed by atoms with Crippen LogP contribution in [0.1, 0.15) is 23.3 Å². The van der Waals surface area contributed by atoms with E-state index in [0.717, 1.165) is 37.2 Å². The van der Waals surface area contributed by atoms with Crippen LogP contribution in [0.25, 0.3) is 11.3 Å². The number of rotatable bonds is 3. The van der Waals surface area contributed by atoms with Crippen molar-refractivity contribution < 1.29 is 4.79 Å². The van der Waals surface area contributed by atoms with Crippen molar-refractivity contribution in [2.45, 2.75) is 18.9 Å². The van der Waals surface area contributed by atoms with Crippen LogP contribution >= 0.6 is 15.9 Å². The minimum atomic E-state index is -0.108. The van der Waals surface area contributed by atoms with Crippen molar-refractivity contribution >= 4 is 21.8 Å². The molecule has 6 heteroatoms. The molecular weight excluding hydrogens is 332 g/mol. The average molecular weight is 349 g/mol. The van der Waals surface area contributed by atoms with Crippen LogP contribution in [0.2, 0.25) is 0 Å². The predicted octanol–water partition coefficient (Wildman–Crippen LogP) is 2.32. The molecule has 5 nitrogen and oxygen atoms in total. The Morgan fingerprint density at radius 1 is 1.24 bits per heavy atom. The Balaban J connectivity index is 1.77. The van der Waals surface area contributed by atoms with Gasteiger partial charge in [0.2, 0.25) is 0 Å². The van der Waals surface area contributed by atoms with Gasteiger partial charge in [-0.2, -0.15) is 5.10 Å². The van der Waals surface area contributed by atoms with E-state index in [1.165, 1.54) is 0 Å². The van der Waals surface area contributed by atoms with E-state index in [9.17, 15) is 4.79 Å². The Hall–Kier alpha value is -1.66. The number of benzene rings is 1. The van der Waals surface area contributed by atoms with Crippen LogP contribution in [0.4, 0.5) is 0 Å². The van der Waals surface area contributed by atoms with Crippen molar-refractivity contribution in [3.63, 3.8) is 0 Å². The van der Waals surface area contributed by atoms with Crippen molar-refractivity contribution in [1.82, 2.24) is 20.8 Å². The maximum Gasteiger partial charge on any atom is 0.270 e. The molecule has 1 aliphatic rings. The second-order valence-corrected chi connectivity index (χ2v) is 5.92. The number of hydrogen-bond donors (Lipinski definition) is 3. The maximum absolute atomic E-state index is 12.3. The molecule has 3 rings (SSSR count). The van der Waals surface area contributed by atoms with E-state index in [-0.39, 0.29) is 11.9 Å². The largest absolute Gasteiger partial charge is 0.348 e. The maximum atomic E-state index is 12.3. The molecule has 0 unspecified atom stereocenters. The Kier molecular flexibility index (Phi) is 4.36. The summed E-state index contributed by atoms with van der Waals surface area (Å²) in [7, 11) is 0. The molecule has 1 aromatic carbocycles. The molecule has 0 atom stereocenters. The van der Waals surface area contributed by atoms with E-state index >= 15 is 0 Å². The average Bonchev–Trinajstić information content (AvgIpc) is 2.91. The van der Waals surface area contributed by atoms with Gasteiger partial charge in [0.05, 0.1) is 4.47 Å². The molecule has 0 spiro atoms. The minimum Gasteiger partial charge on any atom is -0.348 e. The number of nitrogens with one attached hydrogen (secondary N) is 3. The second-order valence-electron chi connectivity index (χ2n) is 5.12. The van der Waals surface area contributed by atoms with Crippen molar-refractivity contribution in [3.05, 3.63) is 40.5 Å². The quantitative estimate of drug-likeness (QED) is 0.797. The van der Waals surface area contributed by atoms with Crippen LogP contribution in [0, 0.1) is 0 Å². The number of aromatic nitrogens is 2. The van der Waals surface area contributed by atoms with E-state index in [1.54, 1.807) is 0 Å². The first-order valence-corrected chi connectivity index (χ1v) is 7.86. The van der Waals surface area contributed by atoms with Gasteiger partial charge in [0, 0.05) is 11.6 Å². The normalized spacial score (nSPS) is 15.9. The number of aromatic amines is 1. The van der Waals surface area contributed by atoms with Crippen LogP contribution < -0.4 is 10.6 Å². The fourth-order valence-electron chi connectivity index (χ4n) is 2.49. The molecule has 0 bridgehead atoms. The highest BCUT2D eigenvalue weighted by atomic mass is 79.9. The van der Waals surface area contributed by atoms with E-state index in [1.807, 2.05) is 30.3 Å². The van der Waals surface area contributed by atoms with Gasteiger partial charge in [-0.05, 0) is 41.9 Å². The summed E-state index contributed by atoms with van der Waals surface area (Å²) in [5.41, 5.74) is 2.21. The lowest BCUT2D eigenvalue weighted by Crippen LogP contribution is -2.42. The monoisotopic (exact) mass is 348 g/mol. The first-order valence-electron chi connectivity index (χ1n) is 7.06. The zero-order chi connectivity index (χ0) is 14.7. The van der Waals surface area contributed by atoms with E-state index in [2.05, 4.69) is 36.8 Å². The summed E-state index contributed by atoms with van der Waals surface area (Å²) in [4.78, 5) is 12.3. The fraction of sp³-hybridized carbons (Fsp3) is 0.333. The van der Waals surface area contributed by atoms with Gasteiger partial charge in [0.25, 0.3) is 5.91 Å². The van der Waals surface area contributed by atoms with Crippen molar-refractivity contribution in [3.8, 4) is 11.3 Å². The number of carbonyl (C=O) groups excluding carboxylic acids is 1. The molecular formula is C15H17BrN4O. The number of amides is 1. The van der Waals surface area contributed by atoms with Crippen LogP contribution in [0.15, 0.2) is 34.8 Å². The Bertz CT molecular complexity index is 620. The third kappa shape index (κ3) is 3.16. The number of hydrogen-bond acceptors (Lipinski definition) is 3. The van der Waals surface area contributed by atoms with Gasteiger partial charge >= 0.3 is 0 Å². The van der Waals surface area contributed by atoms with Gasteiger partial charge in [0.1, 0.15) is 11.4 Å². The number of H-pyrrole nitrogens is 1. The highest BCUT2D eigenvalue weighted by molar-refractivity contribution is 9.10. The standard InChI is InChI=1S/C15H17BrN4O/c16-12-13(10-4-2-1-3-5-10)19-20-14(12)15(21)18-11-6-8-17-9-7-11/h1-5,11,17H,6-9H2,(H,18,21)(H,19,20). The van der Waals surface area contributed by atoms with Gasteiger partial charge < -0.3 is 10.6 Å². The number of piperidine rings is 1. The van der Waals surface area contributed by atoms with Crippen LogP contribution in [0.3, 0.4) is 0 Å². The van der Waals surface area contributed by atoms with E-state index in [4.69, 9.17) is 0 Å². The molecule has 1 fully saturated rings. The molecule has 1 amide bonds. The van der Waals surface area contributed by atoms with E-state index < -0.39 is 0 Å². The van der Waals surface area contributed by atoms with Crippen molar-refractivity contribution in [1.29, 1.82) is 0 Å². The molecule has 2 heterocycles. The predicted molar refractivity (Wildman–Crippen MR) is 85.1 cm³/mol. The van der Waals surface area contributed by atoms with Gasteiger partial charge in [-0.1, -0.05) is 30.3 Å². The molecule has 1 saturated heterocycles. The number of halogens is 1. The zero-order valence-electron chi connectivity index (χ0n) is 11.5. The number of carbonyl (C=O) groups is 1. The van der Waals surface area contributed by atoms with Crippen molar-refractivity contribution in [2.75, 3.05) is 13.1 Å². The molecule has 1 aliphatic heterocycles. The first-order chi connectivity index (χ1) is 10.3. The summed E-state index contributed by atoms with van der Waals surface area (Å²) >= 11 is 3.49. The van der Waals surface area contributed by atoms with Gasteiger partial charge in [0.15, 0.2) is 0 Å². The summed E-state index contributed by atoms with van der Waals surface area (Å²) in [5.74, 6) is -0.108. The summed E-state index contributed by atoms with van der Waals surface area (Å²) in [5, 5.41) is 13.4. The summed E-state index contributed by atoms with van der Waals surface area (Å²) in [6.45, 7) is 1.90. The van der Waals surface area contributed by atoms with Crippen molar-refractivity contribution in [2.24, 2.45) is 0 Å². The van der Waals surface area contributed by atoms with Crippen LogP contribution in [-0.4, -0.2) is 35.2 Å². The lowest BCUT2D eigenvalue weighted by atomic mass is 10.1. The molecule has 0 saturated carbocycles. The lowest BCUT2D eigenvalue weighted by molar-refractivity contribution is 0.0923. The SMILES string of the molecule is O=C(NC1CCNCC1)c1[nH]nc(-c2ccccc2)c1Br. The molecule has 0 radical (unpaired) electrons. The lowest BCUT2D eigenvalue weighted by Gasteiger charge is -2.23. The highest BCUT2D eigenvalue weighted by Gasteiger charge is 2.21. The Morgan fingerprint density at radius 2 is 1.95 bits per heavy atom. The summed E-state index contributed by atoms with van der Waals surface area (Å²) < 4.78 is 0.708. The van der Waals surface area contributed by atoms with Gasteiger partial charge in [-0.25, -0.2) is 0 Å². The van der Waals surface area contributed by atoms with Gasteiger partial charge in [-0.15, -0.1) is 0 Å². The third-order valence-corrected chi connectivity index (χ3v) is 4.43. The number of nitrogens with zero attached hydrogens (tertiary/aromatic N) is 1. The molecule has 110 valence electrons. The summed E-state index contributed by atoms with van der Waals surface area (Å²) in [6.07, 6.45) is 1.92. The second kappa shape index (κ2) is 6.41. The third-order valence-electron chi connectivity index (χ3n) is 3.66. The fourth-order valence-corrected chi connectivity index (χ4v) is 3.08. The molecule has 0 aliphatic carbocycles. The molecule has 2 aromatic rings. The molecule has 1 aromatic heterocycles. The van der Waals surface area contributed by atoms with Crippen LogP contribution in [0.5, 0.6) is 0 Å². The molecule has 21 heavy (non-hydrogen) atoms. The van der Waals surface area contributed by atoms with Gasteiger partial charge in [-0.3, -0.25) is 9.89 Å². The first kappa shape index (κ1) is 14.3. The van der Waals surface area contributed by atoms with E-state index in [0.29, 0.717) is 10.2 Å². The highest BCUT2D eigenvalue weighted by Crippen LogP contribution is 2.28. The zero-order valence-corrected chi connectivity index (χ0v) is 13.1. The topological polar surface area (TPSA) is 69.8 Å². The Morgan fingerprint density at radius 3 is 2.67 bits per heavy atom. The van der Waals surface area contributed by atoms with Crippen LogP contribution in [-0.2, 0) is 0 Å². The summed E-state index contributed by atoms with van der Waals surface area (Å²) in [6, 6.07) is 10.0. The smallest absolute Gasteiger partial charge is 0.270 e. The minimum absolute atomic E-state index is 0.108.